The topological polar surface area (TPSA) is 80.2 Å². The summed E-state index contributed by atoms with van der Waals surface area (Å²) < 4.78 is 5.63. The van der Waals surface area contributed by atoms with Crippen LogP contribution in [-0.2, 0) is 9.53 Å². The zero-order valence-electron chi connectivity index (χ0n) is 18.0. The molecule has 0 radical (unpaired) electrons. The Morgan fingerprint density at radius 3 is 2.75 bits per heavy atom. The summed E-state index contributed by atoms with van der Waals surface area (Å²) >= 11 is 0. The average Bonchev–Trinajstić information content (AvgIpc) is 3.40. The molecular formula is C25H27N5O2. The zero-order valence-corrected chi connectivity index (χ0v) is 18.0. The van der Waals surface area contributed by atoms with Gasteiger partial charge in [-0.25, -0.2) is 9.97 Å². The molecular weight excluding hydrogens is 402 g/mol. The highest BCUT2D eigenvalue weighted by atomic mass is 16.5. The Bertz CT molecular complexity index is 1050. The van der Waals surface area contributed by atoms with E-state index >= 15 is 0 Å². The van der Waals surface area contributed by atoms with Crippen LogP contribution in [0.4, 0.5) is 11.5 Å². The van der Waals surface area contributed by atoms with Gasteiger partial charge in [0.2, 0.25) is 0 Å². The van der Waals surface area contributed by atoms with Crippen LogP contribution in [0.15, 0.2) is 60.9 Å². The fourth-order valence-electron chi connectivity index (χ4n) is 4.41. The fourth-order valence-corrected chi connectivity index (χ4v) is 4.41. The van der Waals surface area contributed by atoms with Gasteiger partial charge in [0.05, 0.1) is 5.69 Å². The van der Waals surface area contributed by atoms with Crippen molar-refractivity contribution in [2.24, 2.45) is 0 Å². The summed E-state index contributed by atoms with van der Waals surface area (Å²) in [6.07, 6.45) is 6.95. The third kappa shape index (κ3) is 4.62. The summed E-state index contributed by atoms with van der Waals surface area (Å²) in [5, 5.41) is 3.40. The van der Waals surface area contributed by atoms with E-state index in [4.69, 9.17) is 14.7 Å². The molecule has 164 valence electrons. The summed E-state index contributed by atoms with van der Waals surface area (Å²) in [5.74, 6) is 1.69. The standard InChI is InChI=1S/C25H27N5O2/c31-25(22-11-6-14-32-22)30-13-5-8-19(17-30)24-28-21(18-7-4-12-26-16-18)15-23(29-24)27-20-9-2-1-3-10-20/h1-4,7,9-10,12,15-16,19,22H,5-6,8,11,13-14,17H2,(H,27,28,29)/t19-,22+/m0/s1. The monoisotopic (exact) mass is 429 g/mol. The minimum Gasteiger partial charge on any atom is -0.368 e. The van der Waals surface area contributed by atoms with Crippen LogP contribution in [0.3, 0.4) is 0 Å². The lowest BCUT2D eigenvalue weighted by Gasteiger charge is -2.33. The number of aromatic nitrogens is 3. The number of nitrogens with zero attached hydrogens (tertiary/aromatic N) is 4. The molecule has 1 aromatic carbocycles. The van der Waals surface area contributed by atoms with E-state index in [9.17, 15) is 4.79 Å². The van der Waals surface area contributed by atoms with Crippen LogP contribution in [0.1, 0.15) is 37.4 Å². The van der Waals surface area contributed by atoms with Crippen LogP contribution in [0.25, 0.3) is 11.3 Å². The molecule has 0 saturated carbocycles. The molecule has 2 aliphatic rings. The molecule has 1 N–H and O–H groups in total. The maximum Gasteiger partial charge on any atom is 0.251 e. The van der Waals surface area contributed by atoms with Crippen LogP contribution < -0.4 is 5.32 Å². The van der Waals surface area contributed by atoms with Gasteiger partial charge in [-0.3, -0.25) is 9.78 Å². The SMILES string of the molecule is O=C([C@H]1CCCO1)N1CCC[C@H](c2nc(Nc3ccccc3)cc(-c3cccnc3)n2)C1. The Hall–Kier alpha value is -3.32. The molecule has 2 aromatic heterocycles. The van der Waals surface area contributed by atoms with Crippen LogP contribution in [-0.4, -0.2) is 51.6 Å². The third-order valence-electron chi connectivity index (χ3n) is 6.05. The van der Waals surface area contributed by atoms with Crippen molar-refractivity contribution < 1.29 is 9.53 Å². The van der Waals surface area contributed by atoms with E-state index in [0.29, 0.717) is 13.2 Å². The number of ether oxygens (including phenoxy) is 1. The van der Waals surface area contributed by atoms with Gasteiger partial charge in [-0.2, -0.15) is 0 Å². The Morgan fingerprint density at radius 1 is 1.06 bits per heavy atom. The summed E-state index contributed by atoms with van der Waals surface area (Å²) in [5.41, 5.74) is 2.73. The third-order valence-corrected chi connectivity index (χ3v) is 6.05. The van der Waals surface area contributed by atoms with Crippen molar-refractivity contribution in [1.29, 1.82) is 0 Å². The Kier molecular flexibility index (Phi) is 6.07. The van der Waals surface area contributed by atoms with Gasteiger partial charge in [0.1, 0.15) is 17.7 Å². The molecule has 32 heavy (non-hydrogen) atoms. The van der Waals surface area contributed by atoms with E-state index in [1.807, 2.05) is 59.6 Å². The van der Waals surface area contributed by atoms with E-state index in [2.05, 4.69) is 10.3 Å². The van der Waals surface area contributed by atoms with Crippen molar-refractivity contribution in [3.8, 4) is 11.3 Å². The van der Waals surface area contributed by atoms with E-state index < -0.39 is 0 Å². The second kappa shape index (κ2) is 9.44. The van der Waals surface area contributed by atoms with Gasteiger partial charge in [-0.05, 0) is 49.9 Å². The van der Waals surface area contributed by atoms with Crippen LogP contribution in [0.5, 0.6) is 0 Å². The number of nitrogens with one attached hydrogen (secondary N) is 1. The maximum atomic E-state index is 12.9. The highest BCUT2D eigenvalue weighted by Crippen LogP contribution is 2.30. The number of benzene rings is 1. The Morgan fingerprint density at radius 2 is 1.97 bits per heavy atom. The first-order valence-corrected chi connectivity index (χ1v) is 11.3. The summed E-state index contributed by atoms with van der Waals surface area (Å²) in [7, 11) is 0. The number of carbonyl (C=O) groups is 1. The van der Waals surface area contributed by atoms with Crippen molar-refractivity contribution in [3.05, 3.63) is 66.7 Å². The molecule has 2 aliphatic heterocycles. The molecule has 1 amide bonds. The highest BCUT2D eigenvalue weighted by Gasteiger charge is 2.33. The fraction of sp³-hybridized carbons (Fsp3) is 0.360. The molecule has 2 atom stereocenters. The van der Waals surface area contributed by atoms with Gasteiger partial charge < -0.3 is 15.0 Å². The van der Waals surface area contributed by atoms with Gasteiger partial charge in [0.25, 0.3) is 5.91 Å². The van der Waals surface area contributed by atoms with E-state index in [1.54, 1.807) is 6.20 Å². The minimum absolute atomic E-state index is 0.0852. The second-order valence-electron chi connectivity index (χ2n) is 8.35. The van der Waals surface area contributed by atoms with Gasteiger partial charge in [-0.1, -0.05) is 18.2 Å². The normalized spacial score (nSPS) is 20.8. The molecule has 5 rings (SSSR count). The minimum atomic E-state index is -0.285. The lowest BCUT2D eigenvalue weighted by atomic mass is 9.96. The molecule has 2 fully saturated rings. The lowest BCUT2D eigenvalue weighted by Crippen LogP contribution is -2.44. The number of likely N-dealkylation sites (tertiary alicyclic amines) is 1. The molecule has 0 bridgehead atoms. The number of pyridine rings is 1. The van der Waals surface area contributed by atoms with Gasteiger partial charge in [0, 0.05) is 55.3 Å². The predicted octanol–water partition coefficient (Wildman–Crippen LogP) is 4.17. The van der Waals surface area contributed by atoms with Gasteiger partial charge >= 0.3 is 0 Å². The number of hydrogen-bond donors (Lipinski definition) is 1. The lowest BCUT2D eigenvalue weighted by molar-refractivity contribution is -0.142. The van der Waals surface area contributed by atoms with Crippen molar-refractivity contribution in [2.75, 3.05) is 25.0 Å². The van der Waals surface area contributed by atoms with E-state index in [-0.39, 0.29) is 17.9 Å². The average molecular weight is 430 g/mol. The highest BCUT2D eigenvalue weighted by molar-refractivity contribution is 5.81. The number of piperidine rings is 1. The number of para-hydroxylation sites is 1. The smallest absolute Gasteiger partial charge is 0.251 e. The molecule has 4 heterocycles. The molecule has 2 saturated heterocycles. The summed E-state index contributed by atoms with van der Waals surface area (Å²) in [4.78, 5) is 28.9. The first-order chi connectivity index (χ1) is 15.8. The van der Waals surface area contributed by atoms with Gasteiger partial charge in [-0.15, -0.1) is 0 Å². The number of rotatable bonds is 5. The first-order valence-electron chi connectivity index (χ1n) is 11.3. The maximum absolute atomic E-state index is 12.9. The zero-order chi connectivity index (χ0) is 21.8. The summed E-state index contributed by atoms with van der Waals surface area (Å²) in [6, 6.07) is 15.8. The van der Waals surface area contributed by atoms with Crippen molar-refractivity contribution >= 4 is 17.4 Å². The first kappa shape index (κ1) is 20.6. The van der Waals surface area contributed by atoms with Crippen molar-refractivity contribution in [3.63, 3.8) is 0 Å². The number of carbonyl (C=O) groups excluding carboxylic acids is 1. The van der Waals surface area contributed by atoms with Crippen molar-refractivity contribution in [1.82, 2.24) is 19.9 Å². The predicted molar refractivity (Wildman–Crippen MR) is 123 cm³/mol. The Balaban J connectivity index is 1.44. The largest absolute Gasteiger partial charge is 0.368 e. The van der Waals surface area contributed by atoms with Crippen molar-refractivity contribution in [2.45, 2.75) is 37.7 Å². The summed E-state index contributed by atoms with van der Waals surface area (Å²) in [6.45, 7) is 2.07. The molecule has 7 nitrogen and oxygen atoms in total. The van der Waals surface area contributed by atoms with E-state index in [1.165, 1.54) is 0 Å². The molecule has 3 aromatic rings. The number of anilines is 2. The molecule has 7 heteroatoms. The van der Waals surface area contributed by atoms with E-state index in [0.717, 1.165) is 60.8 Å². The quantitative estimate of drug-likeness (QED) is 0.656. The second-order valence-corrected chi connectivity index (χ2v) is 8.35. The molecule has 0 spiro atoms. The van der Waals surface area contributed by atoms with Crippen LogP contribution in [0.2, 0.25) is 0 Å². The number of hydrogen-bond acceptors (Lipinski definition) is 6. The molecule has 0 aliphatic carbocycles. The Labute approximate surface area is 187 Å². The number of amides is 1. The van der Waals surface area contributed by atoms with Crippen LogP contribution >= 0.6 is 0 Å². The van der Waals surface area contributed by atoms with Gasteiger partial charge in [0.15, 0.2) is 0 Å². The van der Waals surface area contributed by atoms with Crippen LogP contribution in [0, 0.1) is 0 Å². The molecule has 0 unspecified atom stereocenters.